The molecule has 1 fully saturated rings. The van der Waals surface area contributed by atoms with Gasteiger partial charge in [0.1, 0.15) is 0 Å². The van der Waals surface area contributed by atoms with Crippen molar-refractivity contribution < 1.29 is 14.3 Å². The number of piperidine rings is 1. The highest BCUT2D eigenvalue weighted by molar-refractivity contribution is 5.80. The van der Waals surface area contributed by atoms with E-state index in [1.54, 1.807) is 19.1 Å². The first-order valence-electron chi connectivity index (χ1n) is 8.14. The molecule has 1 rings (SSSR count). The first kappa shape index (κ1) is 19.5. The third kappa shape index (κ3) is 6.25. The van der Waals surface area contributed by atoms with Crippen LogP contribution in [0.5, 0.6) is 0 Å². The summed E-state index contributed by atoms with van der Waals surface area (Å²) in [4.78, 5) is 17.5. The number of methoxy groups -OCH3 is 2. The molecule has 1 saturated heterocycles. The van der Waals surface area contributed by atoms with Crippen molar-refractivity contribution in [2.24, 2.45) is 10.4 Å². The van der Waals surface area contributed by atoms with Gasteiger partial charge in [-0.2, -0.15) is 0 Å². The number of likely N-dealkylation sites (tertiary alicyclic amines) is 1. The van der Waals surface area contributed by atoms with Crippen LogP contribution in [0, 0.1) is 5.41 Å². The molecule has 1 heterocycles. The van der Waals surface area contributed by atoms with Gasteiger partial charge in [-0.15, -0.1) is 0 Å². The minimum atomic E-state index is -0.251. The van der Waals surface area contributed by atoms with Crippen LogP contribution in [0.3, 0.4) is 0 Å². The second kappa shape index (κ2) is 8.96. The molecule has 1 aliphatic rings. The molecule has 1 amide bonds. The second-order valence-electron chi connectivity index (χ2n) is 6.92. The summed E-state index contributed by atoms with van der Waals surface area (Å²) in [5.41, 5.74) is 0.0620. The van der Waals surface area contributed by atoms with Crippen molar-refractivity contribution in [1.82, 2.24) is 15.5 Å². The van der Waals surface area contributed by atoms with Gasteiger partial charge in [0, 0.05) is 39.8 Å². The van der Waals surface area contributed by atoms with E-state index in [9.17, 15) is 4.79 Å². The molecule has 23 heavy (non-hydrogen) atoms. The van der Waals surface area contributed by atoms with Crippen LogP contribution >= 0.6 is 0 Å². The van der Waals surface area contributed by atoms with E-state index in [1.807, 2.05) is 0 Å². The predicted molar refractivity (Wildman–Crippen MR) is 91.7 cm³/mol. The van der Waals surface area contributed by atoms with Crippen molar-refractivity contribution >= 4 is 12.1 Å². The fourth-order valence-corrected chi connectivity index (χ4v) is 2.66. The third-order valence-corrected chi connectivity index (χ3v) is 4.20. The first-order valence-corrected chi connectivity index (χ1v) is 8.14. The van der Waals surface area contributed by atoms with E-state index in [4.69, 9.17) is 9.47 Å². The number of hydrogen-bond acceptors (Lipinski definition) is 4. The van der Waals surface area contributed by atoms with Gasteiger partial charge in [-0.3, -0.25) is 4.99 Å². The van der Waals surface area contributed by atoms with Crippen molar-refractivity contribution in [3.63, 3.8) is 0 Å². The molecule has 0 bridgehead atoms. The molecule has 7 nitrogen and oxygen atoms in total. The highest BCUT2D eigenvalue weighted by Gasteiger charge is 2.26. The number of carbonyl (C=O) groups is 1. The fourth-order valence-electron chi connectivity index (χ4n) is 2.66. The largest absolute Gasteiger partial charge is 0.453 e. The van der Waals surface area contributed by atoms with Crippen molar-refractivity contribution in [1.29, 1.82) is 0 Å². The lowest BCUT2D eigenvalue weighted by Gasteiger charge is -2.33. The SMILES string of the molecule is CN=C(NCC(OC)C(C)(C)C)NC1CCN(C(=O)OC)CC1. The Morgan fingerprint density at radius 1 is 1.30 bits per heavy atom. The number of rotatable bonds is 4. The highest BCUT2D eigenvalue weighted by atomic mass is 16.5. The molecule has 134 valence electrons. The third-order valence-electron chi connectivity index (χ3n) is 4.20. The topological polar surface area (TPSA) is 75.2 Å². The summed E-state index contributed by atoms with van der Waals surface area (Å²) in [7, 11) is 4.91. The Bertz CT molecular complexity index is 399. The zero-order valence-electron chi connectivity index (χ0n) is 15.3. The molecule has 1 atom stereocenters. The van der Waals surface area contributed by atoms with Crippen molar-refractivity contribution in [2.45, 2.75) is 45.8 Å². The number of hydrogen-bond donors (Lipinski definition) is 2. The molecule has 2 N–H and O–H groups in total. The minimum Gasteiger partial charge on any atom is -0.453 e. The molecule has 0 aliphatic carbocycles. The van der Waals surface area contributed by atoms with Gasteiger partial charge < -0.3 is 25.0 Å². The molecule has 1 aliphatic heterocycles. The number of nitrogens with zero attached hydrogens (tertiary/aromatic N) is 2. The van der Waals surface area contributed by atoms with E-state index >= 15 is 0 Å². The number of guanidine groups is 1. The fraction of sp³-hybridized carbons (Fsp3) is 0.875. The standard InChI is InChI=1S/C16H32N4O3/c1-16(2,3)13(22-5)11-18-14(17-4)19-12-7-9-20(10-8-12)15(21)23-6/h12-13H,7-11H2,1-6H3,(H2,17,18,19). The van der Waals surface area contributed by atoms with Gasteiger partial charge in [-0.1, -0.05) is 20.8 Å². The highest BCUT2D eigenvalue weighted by Crippen LogP contribution is 2.21. The maximum Gasteiger partial charge on any atom is 0.409 e. The monoisotopic (exact) mass is 328 g/mol. The van der Waals surface area contributed by atoms with Crippen LogP contribution in [0.25, 0.3) is 0 Å². The predicted octanol–water partition coefficient (Wildman–Crippen LogP) is 1.44. The van der Waals surface area contributed by atoms with Gasteiger partial charge in [0.2, 0.25) is 0 Å². The average Bonchev–Trinajstić information content (AvgIpc) is 2.52. The van der Waals surface area contributed by atoms with Gasteiger partial charge in [0.15, 0.2) is 5.96 Å². The summed E-state index contributed by atoms with van der Waals surface area (Å²) < 4.78 is 10.3. The van der Waals surface area contributed by atoms with Crippen LogP contribution in [0.15, 0.2) is 4.99 Å². The smallest absolute Gasteiger partial charge is 0.409 e. The Balaban J connectivity index is 2.42. The Hall–Kier alpha value is -1.50. The van der Waals surface area contributed by atoms with E-state index in [0.29, 0.717) is 25.7 Å². The first-order chi connectivity index (χ1) is 10.8. The van der Waals surface area contributed by atoms with Crippen LogP contribution in [-0.2, 0) is 9.47 Å². The molecule has 0 aromatic carbocycles. The van der Waals surface area contributed by atoms with E-state index < -0.39 is 0 Å². The lowest BCUT2D eigenvalue weighted by atomic mass is 9.89. The molecule has 0 aromatic heterocycles. The summed E-state index contributed by atoms with van der Waals surface area (Å²) in [6, 6.07) is 0.303. The van der Waals surface area contributed by atoms with Crippen molar-refractivity contribution in [3.05, 3.63) is 0 Å². The molecule has 0 spiro atoms. The Morgan fingerprint density at radius 3 is 2.35 bits per heavy atom. The number of nitrogens with one attached hydrogen (secondary N) is 2. The molecule has 0 aromatic rings. The lowest BCUT2D eigenvalue weighted by molar-refractivity contribution is 0.0204. The average molecular weight is 328 g/mol. The second-order valence-corrected chi connectivity index (χ2v) is 6.92. The van der Waals surface area contributed by atoms with Crippen molar-refractivity contribution in [2.75, 3.05) is 40.9 Å². The van der Waals surface area contributed by atoms with Gasteiger partial charge in [0.05, 0.1) is 13.2 Å². The van der Waals surface area contributed by atoms with E-state index in [-0.39, 0.29) is 17.6 Å². The maximum atomic E-state index is 11.5. The Labute approximate surface area is 139 Å². The maximum absolute atomic E-state index is 11.5. The zero-order valence-corrected chi connectivity index (χ0v) is 15.3. The summed E-state index contributed by atoms with van der Waals surface area (Å²) in [6.45, 7) is 8.55. The quantitative estimate of drug-likeness (QED) is 0.603. The van der Waals surface area contributed by atoms with Gasteiger partial charge in [0.25, 0.3) is 0 Å². The lowest BCUT2D eigenvalue weighted by Crippen LogP contribution is -2.51. The van der Waals surface area contributed by atoms with Crippen molar-refractivity contribution in [3.8, 4) is 0 Å². The normalized spacial score (nSPS) is 18.5. The number of aliphatic imine (C=N–C) groups is 1. The van der Waals surface area contributed by atoms with Crippen LogP contribution in [-0.4, -0.2) is 70.0 Å². The molecular weight excluding hydrogens is 296 g/mol. The van der Waals surface area contributed by atoms with E-state index in [2.05, 4.69) is 36.4 Å². The zero-order chi connectivity index (χ0) is 17.5. The van der Waals surface area contributed by atoms with Crippen LogP contribution in [0.1, 0.15) is 33.6 Å². The molecule has 0 saturated carbocycles. The van der Waals surface area contributed by atoms with E-state index in [1.165, 1.54) is 7.11 Å². The number of ether oxygens (including phenoxy) is 2. The molecule has 1 unspecified atom stereocenters. The Morgan fingerprint density at radius 2 is 1.91 bits per heavy atom. The van der Waals surface area contributed by atoms with Crippen LogP contribution < -0.4 is 10.6 Å². The summed E-state index contributed by atoms with van der Waals surface area (Å²) in [6.07, 6.45) is 1.60. The summed E-state index contributed by atoms with van der Waals surface area (Å²) in [5.74, 6) is 0.771. The van der Waals surface area contributed by atoms with E-state index in [0.717, 1.165) is 18.8 Å². The number of carbonyl (C=O) groups excluding carboxylic acids is 1. The van der Waals surface area contributed by atoms with Gasteiger partial charge >= 0.3 is 6.09 Å². The molecular formula is C16H32N4O3. The molecule has 0 radical (unpaired) electrons. The minimum absolute atomic E-state index is 0.0620. The number of amides is 1. The van der Waals surface area contributed by atoms with Gasteiger partial charge in [-0.25, -0.2) is 4.79 Å². The van der Waals surface area contributed by atoms with Gasteiger partial charge in [-0.05, 0) is 18.3 Å². The summed E-state index contributed by atoms with van der Waals surface area (Å²) in [5, 5.41) is 6.75. The van der Waals surface area contributed by atoms with Crippen LogP contribution in [0.4, 0.5) is 4.79 Å². The summed E-state index contributed by atoms with van der Waals surface area (Å²) >= 11 is 0. The van der Waals surface area contributed by atoms with Crippen LogP contribution in [0.2, 0.25) is 0 Å². The Kier molecular flexibility index (Phi) is 7.61. The molecule has 7 heteroatoms.